The molecule has 186 valence electrons. The Kier molecular flexibility index (Phi) is 4.98. The molecule has 0 amide bonds. The number of hydrogen-bond donors (Lipinski definition) is 1. The Hall–Kier alpha value is -3.65. The predicted octanol–water partition coefficient (Wildman–Crippen LogP) is 4.64. The van der Waals surface area contributed by atoms with Crippen molar-refractivity contribution in [1.82, 2.24) is 14.8 Å². The molecule has 2 aliphatic rings. The molecule has 1 spiro atoms. The quantitative estimate of drug-likeness (QED) is 0.370. The van der Waals surface area contributed by atoms with Gasteiger partial charge in [-0.1, -0.05) is 61.0 Å². The number of aromatic nitrogens is 4. The molecule has 3 aromatic heterocycles. The minimum atomic E-state index is -0.489. The lowest BCUT2D eigenvalue weighted by Crippen LogP contribution is -2.60. The topological polar surface area (TPSA) is 79.3 Å². The summed E-state index contributed by atoms with van der Waals surface area (Å²) in [4.78, 5) is 4.80. The molecular formula is C30H30N5O2+. The Bertz CT molecular complexity index is 1610. The molecule has 1 aliphatic carbocycles. The smallest absolute Gasteiger partial charge is 0.285 e. The summed E-state index contributed by atoms with van der Waals surface area (Å²) in [6.07, 6.45) is 5.37. The van der Waals surface area contributed by atoms with Crippen molar-refractivity contribution in [1.29, 1.82) is 0 Å². The van der Waals surface area contributed by atoms with E-state index >= 15 is 0 Å². The second kappa shape index (κ2) is 8.18. The number of hydrogen-bond acceptors (Lipinski definition) is 5. The largest absolute Gasteiger partial charge is 0.347 e. The molecule has 7 nitrogen and oxygen atoms in total. The van der Waals surface area contributed by atoms with E-state index in [2.05, 4.69) is 85.1 Å². The fourth-order valence-electron chi connectivity index (χ4n) is 5.84. The molecule has 5 aromatic rings. The summed E-state index contributed by atoms with van der Waals surface area (Å²) in [5.41, 5.74) is 12.5. The molecule has 0 bridgehead atoms. The minimum Gasteiger partial charge on any atom is -0.347 e. The van der Waals surface area contributed by atoms with Crippen LogP contribution >= 0.6 is 0 Å². The summed E-state index contributed by atoms with van der Waals surface area (Å²) in [6.45, 7) is 5.63. The summed E-state index contributed by atoms with van der Waals surface area (Å²) < 4.78 is 15.9. The van der Waals surface area contributed by atoms with Crippen LogP contribution in [0.25, 0.3) is 33.4 Å². The van der Waals surface area contributed by atoms with E-state index in [1.54, 1.807) is 0 Å². The third-order valence-corrected chi connectivity index (χ3v) is 7.71. The molecule has 0 unspecified atom stereocenters. The molecule has 0 radical (unpaired) electrons. The van der Waals surface area contributed by atoms with Crippen LogP contribution in [0.3, 0.4) is 0 Å². The van der Waals surface area contributed by atoms with Gasteiger partial charge in [0.2, 0.25) is 0 Å². The highest BCUT2D eigenvalue weighted by Crippen LogP contribution is 2.51. The van der Waals surface area contributed by atoms with Crippen LogP contribution in [0.2, 0.25) is 0 Å². The fraction of sp³-hybridized carbons (Fsp3) is 0.300. The monoisotopic (exact) mass is 492 g/mol. The molecule has 0 atom stereocenters. The molecule has 7 rings (SSSR count). The Morgan fingerprint density at radius 3 is 2.38 bits per heavy atom. The highest BCUT2D eigenvalue weighted by molar-refractivity contribution is 5.92. The van der Waals surface area contributed by atoms with Gasteiger partial charge in [-0.3, -0.25) is 4.98 Å². The molecule has 37 heavy (non-hydrogen) atoms. The molecule has 2 fully saturated rings. The van der Waals surface area contributed by atoms with Crippen molar-refractivity contribution in [2.24, 2.45) is 5.73 Å². The summed E-state index contributed by atoms with van der Waals surface area (Å²) in [6, 6.07) is 23.1. The van der Waals surface area contributed by atoms with E-state index in [1.165, 1.54) is 0 Å². The van der Waals surface area contributed by atoms with E-state index in [0.717, 1.165) is 44.8 Å². The van der Waals surface area contributed by atoms with E-state index < -0.39 is 11.3 Å². The lowest BCUT2D eigenvalue weighted by atomic mass is 9.68. The minimum absolute atomic E-state index is 0.251. The van der Waals surface area contributed by atoms with Gasteiger partial charge in [-0.05, 0) is 35.4 Å². The Balaban J connectivity index is 1.34. The Labute approximate surface area is 215 Å². The first-order valence-electron chi connectivity index (χ1n) is 12.9. The summed E-state index contributed by atoms with van der Waals surface area (Å²) >= 11 is 0. The maximum atomic E-state index is 6.75. The molecule has 1 aliphatic heterocycles. The van der Waals surface area contributed by atoms with Gasteiger partial charge in [-0.15, -0.1) is 0 Å². The number of benzene rings is 2. The second-order valence-electron chi connectivity index (χ2n) is 10.6. The van der Waals surface area contributed by atoms with Crippen molar-refractivity contribution in [3.8, 4) is 16.8 Å². The zero-order valence-electron chi connectivity index (χ0n) is 21.1. The first-order valence-corrected chi connectivity index (χ1v) is 12.9. The number of nitrogens with zero attached hydrogens (tertiary/aromatic N) is 4. The zero-order chi connectivity index (χ0) is 25.2. The molecule has 1 saturated heterocycles. The average Bonchev–Trinajstić information content (AvgIpc) is 3.54. The van der Waals surface area contributed by atoms with Gasteiger partial charge in [0.25, 0.3) is 11.5 Å². The predicted molar refractivity (Wildman–Crippen MR) is 141 cm³/mol. The van der Waals surface area contributed by atoms with Crippen molar-refractivity contribution in [2.45, 2.75) is 43.9 Å². The number of rotatable bonds is 4. The highest BCUT2D eigenvalue weighted by Gasteiger charge is 2.57. The number of fused-ring (bicyclic) bond motifs is 3. The Morgan fingerprint density at radius 1 is 0.946 bits per heavy atom. The van der Waals surface area contributed by atoms with Crippen LogP contribution < -0.4 is 10.1 Å². The summed E-state index contributed by atoms with van der Waals surface area (Å²) in [7, 11) is 0. The standard InChI is InChI=1S/C30H30N5O2/c1-20(2)27-33-35(24-10-8-23(9-11-24)29(31)18-30(19-29)36-14-15-37-30)28-25-16-22(21-6-4-3-5-7-21)17-32-26(25)12-13-34(27)28/h3-13,16-17,20H,14-15,18-19,31H2,1-2H3/q+1. The Morgan fingerprint density at radius 2 is 1.68 bits per heavy atom. The summed E-state index contributed by atoms with van der Waals surface area (Å²) in [5, 5.41) is 6.13. The number of nitrogens with two attached hydrogens (primary N) is 1. The SMILES string of the molecule is CC(C)c1nn(-c2ccc(C3(N)CC4(C3)OCCO4)cc2)c2c3cc(-c4ccccc4)cnc3cc[n+]12. The van der Waals surface area contributed by atoms with Crippen LogP contribution in [-0.2, 0) is 15.0 Å². The van der Waals surface area contributed by atoms with Gasteiger partial charge in [-0.2, -0.15) is 4.40 Å². The molecule has 7 heteroatoms. The van der Waals surface area contributed by atoms with Crippen LogP contribution in [0.1, 0.15) is 44.0 Å². The van der Waals surface area contributed by atoms with Crippen LogP contribution in [0.5, 0.6) is 0 Å². The van der Waals surface area contributed by atoms with Crippen molar-refractivity contribution in [3.63, 3.8) is 0 Å². The van der Waals surface area contributed by atoms with E-state index in [0.29, 0.717) is 26.1 Å². The third kappa shape index (κ3) is 3.57. The van der Waals surface area contributed by atoms with Crippen molar-refractivity contribution in [3.05, 3.63) is 90.5 Å². The first kappa shape index (κ1) is 22.5. The van der Waals surface area contributed by atoms with E-state index in [1.807, 2.05) is 16.9 Å². The molecular weight excluding hydrogens is 462 g/mol. The van der Waals surface area contributed by atoms with Crippen LogP contribution in [0.15, 0.2) is 79.1 Å². The average molecular weight is 493 g/mol. The molecule has 1 saturated carbocycles. The third-order valence-electron chi connectivity index (χ3n) is 7.71. The van der Waals surface area contributed by atoms with Gasteiger partial charge in [-0.25, -0.2) is 0 Å². The first-order chi connectivity index (χ1) is 17.9. The summed E-state index contributed by atoms with van der Waals surface area (Å²) in [5.74, 6) is 0.759. The van der Waals surface area contributed by atoms with Crippen molar-refractivity contribution >= 4 is 16.6 Å². The number of pyridine rings is 2. The lowest BCUT2D eigenvalue weighted by molar-refractivity contribution is -0.522. The van der Waals surface area contributed by atoms with Gasteiger partial charge in [0.05, 0.1) is 35.9 Å². The van der Waals surface area contributed by atoms with Gasteiger partial charge in [0.15, 0.2) is 5.79 Å². The zero-order valence-corrected chi connectivity index (χ0v) is 21.1. The second-order valence-corrected chi connectivity index (χ2v) is 10.6. The molecule has 2 aromatic carbocycles. The van der Waals surface area contributed by atoms with Crippen molar-refractivity contribution in [2.75, 3.05) is 13.2 Å². The fourth-order valence-corrected chi connectivity index (χ4v) is 5.84. The van der Waals surface area contributed by atoms with Gasteiger partial charge < -0.3 is 15.2 Å². The highest BCUT2D eigenvalue weighted by atomic mass is 16.7. The normalized spacial score (nSPS) is 18.2. The van der Waals surface area contributed by atoms with E-state index in [4.69, 9.17) is 25.3 Å². The van der Waals surface area contributed by atoms with Gasteiger partial charge in [0.1, 0.15) is 5.69 Å². The van der Waals surface area contributed by atoms with E-state index in [9.17, 15) is 0 Å². The number of ether oxygens (including phenoxy) is 2. The maximum absolute atomic E-state index is 6.75. The van der Waals surface area contributed by atoms with Crippen LogP contribution in [0.4, 0.5) is 0 Å². The van der Waals surface area contributed by atoms with Gasteiger partial charge >= 0.3 is 0 Å². The van der Waals surface area contributed by atoms with E-state index in [-0.39, 0.29) is 5.92 Å². The van der Waals surface area contributed by atoms with Gasteiger partial charge in [0, 0.05) is 35.6 Å². The lowest BCUT2D eigenvalue weighted by Gasteiger charge is -2.50. The maximum Gasteiger partial charge on any atom is 0.285 e. The van der Waals surface area contributed by atoms with Crippen LogP contribution in [0, 0.1) is 0 Å². The molecule has 4 heterocycles. The molecule has 2 N–H and O–H groups in total. The van der Waals surface area contributed by atoms with Crippen molar-refractivity contribution < 1.29 is 13.9 Å². The van der Waals surface area contributed by atoms with Crippen LogP contribution in [-0.4, -0.2) is 33.8 Å².